The topological polar surface area (TPSA) is 89.5 Å². The number of anilines is 1. The SMILES string of the molecule is Cc1ccn2c(C(N)=O)c(C(F)(F)F)nc2c1NC(=O)c1c(Cl)cccc1Cl. The lowest BCUT2D eigenvalue weighted by atomic mass is 10.2. The van der Waals surface area contributed by atoms with Crippen LogP contribution in [0.2, 0.25) is 10.0 Å². The lowest BCUT2D eigenvalue weighted by Gasteiger charge is -2.12. The Hall–Kier alpha value is -2.78. The van der Waals surface area contributed by atoms with Crippen molar-refractivity contribution in [2.45, 2.75) is 13.1 Å². The summed E-state index contributed by atoms with van der Waals surface area (Å²) in [7, 11) is 0. The Labute approximate surface area is 166 Å². The summed E-state index contributed by atoms with van der Waals surface area (Å²) in [5.41, 5.74) is 2.85. The number of aryl methyl sites for hydroxylation is 1. The third-order valence-electron chi connectivity index (χ3n) is 3.93. The van der Waals surface area contributed by atoms with E-state index >= 15 is 0 Å². The summed E-state index contributed by atoms with van der Waals surface area (Å²) in [6, 6.07) is 5.83. The van der Waals surface area contributed by atoms with E-state index < -0.39 is 29.4 Å². The predicted molar refractivity (Wildman–Crippen MR) is 97.9 cm³/mol. The maximum absolute atomic E-state index is 13.3. The fourth-order valence-electron chi connectivity index (χ4n) is 2.68. The van der Waals surface area contributed by atoms with Gasteiger partial charge in [0.05, 0.1) is 21.3 Å². The Morgan fingerprint density at radius 3 is 2.32 bits per heavy atom. The number of nitrogens with two attached hydrogens (primary N) is 1. The lowest BCUT2D eigenvalue weighted by molar-refractivity contribution is -0.141. The van der Waals surface area contributed by atoms with Crippen LogP contribution in [0.5, 0.6) is 0 Å². The lowest BCUT2D eigenvalue weighted by Crippen LogP contribution is -2.20. The number of carbonyl (C=O) groups excluding carboxylic acids is 2. The van der Waals surface area contributed by atoms with Gasteiger partial charge in [-0.2, -0.15) is 13.2 Å². The van der Waals surface area contributed by atoms with Crippen molar-refractivity contribution in [1.82, 2.24) is 9.38 Å². The minimum absolute atomic E-state index is 0.0403. The van der Waals surface area contributed by atoms with Crippen LogP contribution < -0.4 is 11.1 Å². The van der Waals surface area contributed by atoms with Gasteiger partial charge in [-0.25, -0.2) is 4.98 Å². The molecule has 3 N–H and O–H groups in total. The number of pyridine rings is 1. The van der Waals surface area contributed by atoms with Gasteiger partial charge in [0.25, 0.3) is 11.8 Å². The molecular formula is C17H11Cl2F3N4O2. The van der Waals surface area contributed by atoms with Gasteiger partial charge in [-0.3, -0.25) is 14.0 Å². The first-order valence-corrected chi connectivity index (χ1v) is 8.42. The van der Waals surface area contributed by atoms with Crippen molar-refractivity contribution >= 4 is 46.4 Å². The first-order valence-electron chi connectivity index (χ1n) is 7.66. The number of carbonyl (C=O) groups is 2. The molecule has 0 aliphatic carbocycles. The van der Waals surface area contributed by atoms with Crippen LogP contribution in [0.25, 0.3) is 5.65 Å². The van der Waals surface area contributed by atoms with Gasteiger partial charge < -0.3 is 11.1 Å². The highest BCUT2D eigenvalue weighted by Crippen LogP contribution is 2.34. The highest BCUT2D eigenvalue weighted by molar-refractivity contribution is 6.40. The molecule has 146 valence electrons. The molecule has 3 aromatic rings. The summed E-state index contributed by atoms with van der Waals surface area (Å²) in [5, 5.41) is 2.60. The highest BCUT2D eigenvalue weighted by Gasteiger charge is 2.40. The second-order valence-electron chi connectivity index (χ2n) is 5.79. The van der Waals surface area contributed by atoms with Crippen molar-refractivity contribution in [3.8, 4) is 0 Å². The standard InChI is InChI=1S/C17H11Cl2F3N4O2/c1-7-5-6-26-12(14(23)27)13(17(20,21)22)25-15(26)11(7)24-16(28)10-8(18)3-2-4-9(10)19/h2-6H,1H3,(H2,23,27)(H,24,28). The number of halogens is 5. The molecule has 0 bridgehead atoms. The number of amides is 2. The molecule has 0 aliphatic heterocycles. The number of rotatable bonds is 3. The molecule has 2 aromatic heterocycles. The quantitative estimate of drug-likeness (QED) is 0.648. The van der Waals surface area contributed by atoms with Crippen molar-refractivity contribution < 1.29 is 22.8 Å². The number of fused-ring (bicyclic) bond motifs is 1. The Kier molecular flexibility index (Phi) is 4.99. The zero-order chi connectivity index (χ0) is 20.8. The number of aromatic nitrogens is 2. The first kappa shape index (κ1) is 20.0. The smallest absolute Gasteiger partial charge is 0.364 e. The number of hydrogen-bond donors (Lipinski definition) is 2. The summed E-state index contributed by atoms with van der Waals surface area (Å²) in [6.07, 6.45) is -3.71. The highest BCUT2D eigenvalue weighted by atomic mass is 35.5. The monoisotopic (exact) mass is 430 g/mol. The molecule has 0 saturated heterocycles. The molecule has 0 fully saturated rings. The van der Waals surface area contributed by atoms with E-state index in [-0.39, 0.29) is 26.9 Å². The van der Waals surface area contributed by atoms with Gasteiger partial charge in [-0.05, 0) is 30.7 Å². The van der Waals surface area contributed by atoms with Crippen molar-refractivity contribution in [2.24, 2.45) is 5.73 Å². The minimum atomic E-state index is -4.92. The molecule has 2 heterocycles. The number of alkyl halides is 3. The van der Waals surface area contributed by atoms with Gasteiger partial charge >= 0.3 is 6.18 Å². The van der Waals surface area contributed by atoms with Crippen molar-refractivity contribution in [3.63, 3.8) is 0 Å². The Morgan fingerprint density at radius 2 is 1.79 bits per heavy atom. The molecule has 0 saturated carbocycles. The average Bonchev–Trinajstić information content (AvgIpc) is 2.97. The van der Waals surface area contributed by atoms with E-state index in [1.807, 2.05) is 0 Å². The molecule has 0 unspecified atom stereocenters. The maximum atomic E-state index is 13.3. The molecule has 0 aliphatic rings. The molecule has 1 aromatic carbocycles. The summed E-state index contributed by atoms with van der Waals surface area (Å²) in [5.74, 6) is -2.06. The fourth-order valence-corrected chi connectivity index (χ4v) is 3.25. The second kappa shape index (κ2) is 6.99. The number of nitrogens with zero attached hydrogens (tertiary/aromatic N) is 2. The Balaban J connectivity index is 2.20. The normalized spacial score (nSPS) is 11.6. The van der Waals surface area contributed by atoms with E-state index in [0.717, 1.165) is 4.40 Å². The third kappa shape index (κ3) is 3.38. The van der Waals surface area contributed by atoms with Crippen LogP contribution in [-0.2, 0) is 6.18 Å². The molecule has 0 spiro atoms. The van der Waals surface area contributed by atoms with Crippen molar-refractivity contribution in [3.05, 3.63) is 63.0 Å². The minimum Gasteiger partial charge on any atom is -0.364 e. The fraction of sp³-hybridized carbons (Fsp3) is 0.118. The van der Waals surface area contributed by atoms with Crippen LogP contribution in [0.4, 0.5) is 18.9 Å². The molecule has 0 atom stereocenters. The average molecular weight is 431 g/mol. The van der Waals surface area contributed by atoms with Gasteiger partial charge in [0, 0.05) is 6.20 Å². The van der Waals surface area contributed by atoms with E-state index in [1.54, 1.807) is 6.92 Å². The van der Waals surface area contributed by atoms with E-state index in [4.69, 9.17) is 28.9 Å². The van der Waals surface area contributed by atoms with Gasteiger partial charge in [-0.15, -0.1) is 0 Å². The number of nitrogens with one attached hydrogen (secondary N) is 1. The van der Waals surface area contributed by atoms with Crippen LogP contribution in [0.3, 0.4) is 0 Å². The largest absolute Gasteiger partial charge is 0.435 e. The summed E-state index contributed by atoms with van der Waals surface area (Å²) < 4.78 is 40.8. The number of benzene rings is 1. The van der Waals surface area contributed by atoms with Gasteiger partial charge in [-0.1, -0.05) is 29.3 Å². The van der Waals surface area contributed by atoms with E-state index in [1.165, 1.54) is 30.5 Å². The number of imidazole rings is 1. The van der Waals surface area contributed by atoms with E-state index in [0.29, 0.717) is 5.56 Å². The van der Waals surface area contributed by atoms with Gasteiger partial charge in [0.2, 0.25) is 0 Å². The van der Waals surface area contributed by atoms with Crippen LogP contribution in [0.15, 0.2) is 30.5 Å². The van der Waals surface area contributed by atoms with Gasteiger partial charge in [0.15, 0.2) is 11.3 Å². The number of hydrogen-bond acceptors (Lipinski definition) is 3. The van der Waals surface area contributed by atoms with E-state index in [9.17, 15) is 22.8 Å². The Morgan fingerprint density at radius 1 is 1.18 bits per heavy atom. The van der Waals surface area contributed by atoms with Crippen molar-refractivity contribution in [2.75, 3.05) is 5.32 Å². The second-order valence-corrected chi connectivity index (χ2v) is 6.60. The zero-order valence-electron chi connectivity index (χ0n) is 14.1. The molecule has 6 nitrogen and oxygen atoms in total. The van der Waals surface area contributed by atoms with Crippen molar-refractivity contribution in [1.29, 1.82) is 0 Å². The summed E-state index contributed by atoms with van der Waals surface area (Å²) in [6.45, 7) is 1.55. The maximum Gasteiger partial charge on any atom is 0.435 e. The first-order chi connectivity index (χ1) is 13.0. The molecule has 3 rings (SSSR count). The molecule has 2 amide bonds. The molecule has 11 heteroatoms. The van der Waals surface area contributed by atoms with Crippen LogP contribution in [0.1, 0.15) is 32.1 Å². The third-order valence-corrected chi connectivity index (χ3v) is 4.56. The van der Waals surface area contributed by atoms with Gasteiger partial charge in [0.1, 0.15) is 5.69 Å². The van der Waals surface area contributed by atoms with E-state index in [2.05, 4.69) is 10.3 Å². The predicted octanol–water partition coefficient (Wildman–Crippen LogP) is 4.32. The summed E-state index contributed by atoms with van der Waals surface area (Å²) >= 11 is 12.0. The van der Waals surface area contributed by atoms with Crippen LogP contribution in [0, 0.1) is 6.92 Å². The molecular weight excluding hydrogens is 420 g/mol. The summed E-state index contributed by atoms with van der Waals surface area (Å²) in [4.78, 5) is 27.8. The van der Waals surface area contributed by atoms with Crippen LogP contribution >= 0.6 is 23.2 Å². The van der Waals surface area contributed by atoms with Crippen LogP contribution in [-0.4, -0.2) is 21.2 Å². The Bertz CT molecular complexity index is 1110. The zero-order valence-corrected chi connectivity index (χ0v) is 15.6. The molecule has 0 radical (unpaired) electrons. The molecule has 28 heavy (non-hydrogen) atoms. The number of primary amides is 1.